The Labute approximate surface area is 165 Å². The molecule has 0 saturated carbocycles. The Morgan fingerprint density at radius 1 is 1.31 bits per heavy atom. The number of nitrogens with zero attached hydrogens (tertiary/aromatic N) is 7. The molecule has 3 aromatic rings. The van der Waals surface area contributed by atoms with E-state index in [0.717, 1.165) is 31.7 Å². The number of anilines is 1. The molecule has 4 rings (SSSR count). The quantitative estimate of drug-likeness (QED) is 0.454. The van der Waals surface area contributed by atoms with Gasteiger partial charge in [-0.25, -0.2) is 10.1 Å². The van der Waals surface area contributed by atoms with Gasteiger partial charge >= 0.3 is 0 Å². The number of furan rings is 1. The SMILES string of the molecule is Cc1ccc(C=NNC(=O)c2nnn(-c3nonc3N)c2CN2CCCCC2)o1. The molecule has 0 atom stereocenters. The summed E-state index contributed by atoms with van der Waals surface area (Å²) in [5, 5.41) is 19.3. The molecule has 1 amide bonds. The molecule has 12 nitrogen and oxygen atoms in total. The predicted octanol–water partition coefficient (Wildman–Crippen LogP) is 0.884. The van der Waals surface area contributed by atoms with E-state index in [1.807, 2.05) is 13.0 Å². The first-order valence-electron chi connectivity index (χ1n) is 9.27. The van der Waals surface area contributed by atoms with Crippen LogP contribution >= 0.6 is 0 Å². The second kappa shape index (κ2) is 8.22. The van der Waals surface area contributed by atoms with E-state index in [4.69, 9.17) is 10.2 Å². The molecule has 0 bridgehead atoms. The van der Waals surface area contributed by atoms with E-state index < -0.39 is 5.91 Å². The van der Waals surface area contributed by atoms with Crippen molar-refractivity contribution in [2.45, 2.75) is 32.7 Å². The summed E-state index contributed by atoms with van der Waals surface area (Å²) in [4.78, 5) is 14.9. The number of nitrogens with two attached hydrogens (primary N) is 1. The summed E-state index contributed by atoms with van der Waals surface area (Å²) in [6.07, 6.45) is 4.81. The van der Waals surface area contributed by atoms with Crippen LogP contribution in [0.5, 0.6) is 0 Å². The highest BCUT2D eigenvalue weighted by molar-refractivity contribution is 5.94. The molecule has 29 heavy (non-hydrogen) atoms. The lowest BCUT2D eigenvalue weighted by atomic mass is 10.1. The molecule has 0 spiro atoms. The molecule has 0 unspecified atom stereocenters. The van der Waals surface area contributed by atoms with Crippen molar-refractivity contribution < 1.29 is 13.8 Å². The Morgan fingerprint density at radius 2 is 2.14 bits per heavy atom. The number of nitrogen functional groups attached to an aromatic ring is 1. The number of aryl methyl sites for hydroxylation is 1. The summed E-state index contributed by atoms with van der Waals surface area (Å²) in [5.74, 6) is 1.04. The van der Waals surface area contributed by atoms with Crippen molar-refractivity contribution in [2.24, 2.45) is 5.10 Å². The normalized spacial score (nSPS) is 15.2. The lowest BCUT2D eigenvalue weighted by molar-refractivity contribution is 0.0947. The molecule has 1 aliphatic rings. The Morgan fingerprint density at radius 3 is 2.83 bits per heavy atom. The van der Waals surface area contributed by atoms with Crippen molar-refractivity contribution >= 4 is 17.9 Å². The highest BCUT2D eigenvalue weighted by Gasteiger charge is 2.26. The Hall–Kier alpha value is -3.54. The maximum Gasteiger partial charge on any atom is 0.293 e. The Balaban J connectivity index is 1.57. The van der Waals surface area contributed by atoms with Crippen LogP contribution in [0.2, 0.25) is 0 Å². The second-order valence-electron chi connectivity index (χ2n) is 6.75. The zero-order valence-electron chi connectivity index (χ0n) is 15.9. The van der Waals surface area contributed by atoms with E-state index in [1.165, 1.54) is 17.3 Å². The smallest absolute Gasteiger partial charge is 0.293 e. The molecule has 1 aliphatic heterocycles. The van der Waals surface area contributed by atoms with Crippen molar-refractivity contribution in [3.05, 3.63) is 35.0 Å². The fourth-order valence-electron chi connectivity index (χ4n) is 3.19. The van der Waals surface area contributed by atoms with E-state index >= 15 is 0 Å². The maximum atomic E-state index is 12.7. The fourth-order valence-corrected chi connectivity index (χ4v) is 3.19. The first-order valence-corrected chi connectivity index (χ1v) is 9.27. The molecular formula is C17H21N9O3. The highest BCUT2D eigenvalue weighted by Crippen LogP contribution is 2.19. The molecule has 12 heteroatoms. The molecule has 4 heterocycles. The predicted molar refractivity (Wildman–Crippen MR) is 101 cm³/mol. The number of likely N-dealkylation sites (tertiary alicyclic amines) is 1. The molecule has 0 aliphatic carbocycles. The summed E-state index contributed by atoms with van der Waals surface area (Å²) in [6, 6.07) is 3.56. The number of piperidine rings is 1. The average Bonchev–Trinajstić information content (AvgIpc) is 3.43. The number of hydrogen-bond acceptors (Lipinski definition) is 10. The minimum atomic E-state index is -0.502. The van der Waals surface area contributed by atoms with Gasteiger partial charge in [-0.2, -0.15) is 9.78 Å². The third-order valence-corrected chi connectivity index (χ3v) is 4.62. The van der Waals surface area contributed by atoms with Crippen LogP contribution in [0, 0.1) is 6.92 Å². The number of carbonyl (C=O) groups is 1. The number of carbonyl (C=O) groups excluding carboxylic acids is 1. The van der Waals surface area contributed by atoms with Crippen molar-refractivity contribution in [3.8, 4) is 5.82 Å². The van der Waals surface area contributed by atoms with E-state index in [2.05, 4.69) is 40.7 Å². The zero-order chi connectivity index (χ0) is 20.2. The topological polar surface area (TPSA) is 153 Å². The lowest BCUT2D eigenvalue weighted by Gasteiger charge is -2.26. The number of hydrogen-bond donors (Lipinski definition) is 2. The molecule has 0 radical (unpaired) electrons. The first kappa shape index (κ1) is 18.8. The van der Waals surface area contributed by atoms with Crippen molar-refractivity contribution in [3.63, 3.8) is 0 Å². The van der Waals surface area contributed by atoms with Crippen LogP contribution in [0.15, 0.2) is 26.3 Å². The van der Waals surface area contributed by atoms with Gasteiger partial charge in [-0.3, -0.25) is 9.69 Å². The number of aromatic nitrogens is 5. The Kier molecular flexibility index (Phi) is 5.33. The van der Waals surface area contributed by atoms with Crippen LogP contribution < -0.4 is 11.2 Å². The van der Waals surface area contributed by atoms with Gasteiger partial charge in [0.1, 0.15) is 11.5 Å². The van der Waals surface area contributed by atoms with Crippen molar-refractivity contribution in [2.75, 3.05) is 18.8 Å². The van der Waals surface area contributed by atoms with E-state index in [0.29, 0.717) is 18.0 Å². The van der Waals surface area contributed by atoms with E-state index in [1.54, 1.807) is 6.07 Å². The average molecular weight is 399 g/mol. The highest BCUT2D eigenvalue weighted by atomic mass is 16.6. The van der Waals surface area contributed by atoms with Crippen LogP contribution in [0.4, 0.5) is 5.82 Å². The molecule has 1 fully saturated rings. The lowest BCUT2D eigenvalue weighted by Crippen LogP contribution is -2.31. The van der Waals surface area contributed by atoms with Crippen molar-refractivity contribution in [1.29, 1.82) is 0 Å². The van der Waals surface area contributed by atoms with E-state index in [9.17, 15) is 4.79 Å². The third-order valence-electron chi connectivity index (χ3n) is 4.62. The second-order valence-corrected chi connectivity index (χ2v) is 6.75. The van der Waals surface area contributed by atoms with Gasteiger partial charge in [-0.1, -0.05) is 11.6 Å². The number of hydrazone groups is 1. The minimum Gasteiger partial charge on any atom is -0.460 e. The van der Waals surface area contributed by atoms with Crippen LogP contribution in [0.25, 0.3) is 5.82 Å². The Bertz CT molecular complexity index is 1010. The molecule has 152 valence electrons. The van der Waals surface area contributed by atoms with Gasteiger partial charge in [0.25, 0.3) is 5.91 Å². The van der Waals surface area contributed by atoms with Gasteiger partial charge in [0.05, 0.1) is 11.9 Å². The van der Waals surface area contributed by atoms with Gasteiger partial charge in [-0.15, -0.1) is 5.10 Å². The molecule has 3 aromatic heterocycles. The summed E-state index contributed by atoms with van der Waals surface area (Å²) in [5.41, 5.74) is 8.92. The number of amides is 1. The van der Waals surface area contributed by atoms with Crippen LogP contribution in [0.3, 0.4) is 0 Å². The van der Waals surface area contributed by atoms with Gasteiger partial charge in [0.15, 0.2) is 5.69 Å². The van der Waals surface area contributed by atoms with Crippen LogP contribution in [0.1, 0.15) is 47.0 Å². The van der Waals surface area contributed by atoms with Crippen LogP contribution in [-0.4, -0.2) is 55.4 Å². The van der Waals surface area contributed by atoms with E-state index in [-0.39, 0.29) is 17.3 Å². The first-order chi connectivity index (χ1) is 14.1. The molecule has 1 saturated heterocycles. The number of nitrogens with one attached hydrogen (secondary N) is 1. The maximum absolute atomic E-state index is 12.7. The van der Waals surface area contributed by atoms with Crippen LogP contribution in [-0.2, 0) is 6.54 Å². The minimum absolute atomic E-state index is 0.0629. The summed E-state index contributed by atoms with van der Waals surface area (Å²) in [6.45, 7) is 4.14. The van der Waals surface area contributed by atoms with Gasteiger partial charge < -0.3 is 10.2 Å². The molecule has 0 aromatic carbocycles. The molecular weight excluding hydrogens is 378 g/mol. The zero-order valence-corrected chi connectivity index (χ0v) is 15.9. The fraction of sp³-hybridized carbons (Fsp3) is 0.412. The third kappa shape index (κ3) is 4.16. The molecule has 3 N–H and O–H groups in total. The largest absolute Gasteiger partial charge is 0.460 e. The summed E-state index contributed by atoms with van der Waals surface area (Å²) in [7, 11) is 0. The van der Waals surface area contributed by atoms with Crippen molar-refractivity contribution in [1.82, 2.24) is 35.6 Å². The van der Waals surface area contributed by atoms with Gasteiger partial charge in [0, 0.05) is 6.54 Å². The monoisotopic (exact) mass is 399 g/mol. The summed E-state index contributed by atoms with van der Waals surface area (Å²) < 4.78 is 11.4. The summed E-state index contributed by atoms with van der Waals surface area (Å²) >= 11 is 0. The number of rotatable bonds is 6. The van der Waals surface area contributed by atoms with Gasteiger partial charge in [-0.05, 0) is 55.3 Å². The standard InChI is InChI=1S/C17H21N9O3/c1-11-5-6-12(28-11)9-19-21-17(27)14-13(10-25-7-3-2-4-8-25)26(24-20-14)16-15(18)22-29-23-16/h5-6,9H,2-4,7-8,10H2,1H3,(H2,18,22)(H,21,27). The van der Waals surface area contributed by atoms with Gasteiger partial charge in [0.2, 0.25) is 11.6 Å².